The van der Waals surface area contributed by atoms with Gasteiger partial charge in [0.05, 0.1) is 12.5 Å². The van der Waals surface area contributed by atoms with Gasteiger partial charge in [0.25, 0.3) is 0 Å². The molecule has 0 aliphatic rings. The summed E-state index contributed by atoms with van der Waals surface area (Å²) >= 11 is 0. The van der Waals surface area contributed by atoms with Crippen LogP contribution in [0.3, 0.4) is 0 Å². The molecule has 0 aliphatic carbocycles. The van der Waals surface area contributed by atoms with Crippen molar-refractivity contribution < 1.29 is 50.1 Å². The van der Waals surface area contributed by atoms with E-state index in [1.165, 1.54) is 0 Å². The summed E-state index contributed by atoms with van der Waals surface area (Å²) in [5.74, 6) is 6.91. The molecular formula is C30H50Cl2NiO2P2. The van der Waals surface area contributed by atoms with Gasteiger partial charge in [-0.05, 0) is 44.9 Å². The summed E-state index contributed by atoms with van der Waals surface area (Å²) in [6.45, 7) is 28.0. The van der Waals surface area contributed by atoms with Crippen LogP contribution in [0.15, 0.2) is 69.4 Å². The zero-order valence-electron chi connectivity index (χ0n) is 25.0. The molecule has 2 aromatic rings. The van der Waals surface area contributed by atoms with Crippen LogP contribution in [0.2, 0.25) is 0 Å². The van der Waals surface area contributed by atoms with Crippen LogP contribution in [-0.2, 0) is 29.3 Å². The third kappa shape index (κ3) is 16.6. The molecule has 216 valence electrons. The van der Waals surface area contributed by atoms with Crippen molar-refractivity contribution in [1.82, 2.24) is 0 Å². The van der Waals surface area contributed by atoms with E-state index < -0.39 is 0 Å². The van der Waals surface area contributed by atoms with Crippen molar-refractivity contribution in [3.8, 4) is 0 Å². The van der Waals surface area contributed by atoms with Crippen molar-refractivity contribution in [2.45, 2.75) is 117 Å². The van der Waals surface area contributed by atoms with Gasteiger partial charge in [-0.3, -0.25) is 0 Å². The van der Waals surface area contributed by atoms with Crippen molar-refractivity contribution in [3.05, 3.63) is 72.1 Å². The SMILES string of the molecule is CC(C)(C)P(C=CCc1ccco1)C(C)(C)C.CC(C)(C)P(C=CCc1ccco1)C(C)(C)C.[Cl-].[Cl-].[Ni+2]. The Morgan fingerprint density at radius 2 is 0.838 bits per heavy atom. The Balaban J connectivity index is -0.000000578. The van der Waals surface area contributed by atoms with Gasteiger partial charge in [0.1, 0.15) is 11.5 Å². The molecular weight excluding hydrogens is 584 g/mol. The fraction of sp³-hybridized carbons (Fsp3) is 0.600. The normalized spacial score (nSPS) is 12.7. The van der Waals surface area contributed by atoms with Crippen molar-refractivity contribution in [1.29, 1.82) is 0 Å². The fourth-order valence-corrected chi connectivity index (χ4v) is 10.8. The van der Waals surface area contributed by atoms with Crippen molar-refractivity contribution in [3.63, 3.8) is 0 Å². The summed E-state index contributed by atoms with van der Waals surface area (Å²) in [5, 5.41) is 1.42. The average molecular weight is 634 g/mol. The summed E-state index contributed by atoms with van der Waals surface area (Å²) in [5.41, 5.74) is 0. The van der Waals surface area contributed by atoms with Crippen LogP contribution in [0.4, 0.5) is 0 Å². The van der Waals surface area contributed by atoms with E-state index in [4.69, 9.17) is 8.83 Å². The van der Waals surface area contributed by atoms with Gasteiger partial charge in [0, 0.05) is 12.8 Å². The Morgan fingerprint density at radius 3 is 1.03 bits per heavy atom. The summed E-state index contributed by atoms with van der Waals surface area (Å²) in [6.07, 6.45) is 9.80. The van der Waals surface area contributed by atoms with Gasteiger partial charge >= 0.3 is 16.5 Å². The Bertz CT molecular complexity index is 763. The quantitative estimate of drug-likeness (QED) is 0.337. The molecule has 37 heavy (non-hydrogen) atoms. The predicted molar refractivity (Wildman–Crippen MR) is 156 cm³/mol. The Labute approximate surface area is 253 Å². The molecule has 0 fully saturated rings. The van der Waals surface area contributed by atoms with Gasteiger partial charge in [-0.25, -0.2) is 0 Å². The Morgan fingerprint density at radius 1 is 0.568 bits per heavy atom. The molecule has 0 atom stereocenters. The third-order valence-electron chi connectivity index (χ3n) is 5.20. The Hall–Kier alpha value is -0.0265. The van der Waals surface area contributed by atoms with Crippen LogP contribution in [0.5, 0.6) is 0 Å². The van der Waals surface area contributed by atoms with Gasteiger partial charge in [0.15, 0.2) is 0 Å². The van der Waals surface area contributed by atoms with E-state index in [1.54, 1.807) is 12.5 Å². The second kappa shape index (κ2) is 17.6. The number of hydrogen-bond donors (Lipinski definition) is 0. The molecule has 2 aromatic heterocycles. The van der Waals surface area contributed by atoms with E-state index in [1.807, 2.05) is 24.3 Å². The molecule has 2 rings (SSSR count). The molecule has 0 bridgehead atoms. The smallest absolute Gasteiger partial charge is 1.00 e. The summed E-state index contributed by atoms with van der Waals surface area (Å²) in [6, 6.07) is 7.95. The number of rotatable bonds is 6. The van der Waals surface area contributed by atoms with Gasteiger partial charge in [-0.2, -0.15) is 0 Å². The number of halogens is 2. The molecule has 7 heteroatoms. The third-order valence-corrected chi connectivity index (χ3v) is 12.0. The summed E-state index contributed by atoms with van der Waals surface area (Å²) in [7, 11) is -0.294. The van der Waals surface area contributed by atoms with Gasteiger partial charge in [0.2, 0.25) is 0 Å². The van der Waals surface area contributed by atoms with E-state index in [2.05, 4.69) is 107 Å². The van der Waals surface area contributed by atoms with Crippen LogP contribution in [-0.4, -0.2) is 20.6 Å². The van der Waals surface area contributed by atoms with Gasteiger partial charge in [-0.1, -0.05) is 123 Å². The van der Waals surface area contributed by atoms with Crippen molar-refractivity contribution >= 4 is 15.8 Å². The topological polar surface area (TPSA) is 26.3 Å². The summed E-state index contributed by atoms with van der Waals surface area (Å²) in [4.78, 5) is 0. The minimum Gasteiger partial charge on any atom is -1.00 e. The molecule has 2 nitrogen and oxygen atoms in total. The van der Waals surface area contributed by atoms with E-state index >= 15 is 0 Å². The number of allylic oxidation sites excluding steroid dienone is 2. The van der Waals surface area contributed by atoms with Crippen molar-refractivity contribution in [2.75, 3.05) is 0 Å². The molecule has 0 amide bonds. The van der Waals surface area contributed by atoms with E-state index in [9.17, 15) is 0 Å². The van der Waals surface area contributed by atoms with E-state index in [0.717, 1.165) is 24.4 Å². The zero-order valence-corrected chi connectivity index (χ0v) is 29.3. The first-order chi connectivity index (χ1) is 15.4. The minimum atomic E-state index is -0.147. The molecule has 0 radical (unpaired) electrons. The fourth-order valence-electron chi connectivity index (χ4n) is 4.31. The molecule has 0 saturated carbocycles. The maximum absolute atomic E-state index is 5.34. The second-order valence-electron chi connectivity index (χ2n) is 12.8. The molecule has 0 aromatic carbocycles. The van der Waals surface area contributed by atoms with Crippen LogP contribution >= 0.6 is 15.8 Å². The first-order valence-corrected chi connectivity index (χ1v) is 15.2. The Kier molecular flexibility index (Phi) is 19.7. The first-order valence-electron chi connectivity index (χ1n) is 12.4. The minimum absolute atomic E-state index is 0. The van der Waals surface area contributed by atoms with Crippen LogP contribution < -0.4 is 24.8 Å². The number of hydrogen-bond acceptors (Lipinski definition) is 2. The standard InChI is InChI=1S/2C15H25OP.2ClH.Ni/c2*1-14(2,3)17(15(4,5)6)12-8-10-13-9-7-11-16-13;;;/h2*7-9,11-12H,10H2,1-6H3;2*1H;/q;;;;+2/p-2. The second-order valence-corrected chi connectivity index (χ2v) is 20.2. The van der Waals surface area contributed by atoms with Gasteiger partial charge < -0.3 is 33.6 Å². The molecule has 0 unspecified atom stereocenters. The van der Waals surface area contributed by atoms with Crippen LogP contribution in [0.25, 0.3) is 0 Å². The monoisotopic (exact) mass is 632 g/mol. The van der Waals surface area contributed by atoms with Gasteiger partial charge in [-0.15, -0.1) is 0 Å². The van der Waals surface area contributed by atoms with Crippen LogP contribution in [0.1, 0.15) is 94.6 Å². The predicted octanol–water partition coefficient (Wildman–Crippen LogP) is 4.83. The maximum atomic E-state index is 5.34. The number of furan rings is 2. The zero-order chi connectivity index (χ0) is 26.2. The van der Waals surface area contributed by atoms with Crippen molar-refractivity contribution in [2.24, 2.45) is 0 Å². The molecule has 0 N–H and O–H groups in total. The van der Waals surface area contributed by atoms with E-state index in [-0.39, 0.29) is 57.1 Å². The summed E-state index contributed by atoms with van der Waals surface area (Å²) < 4.78 is 10.7. The molecule has 2 heterocycles. The largest absolute Gasteiger partial charge is 2.00 e. The first kappa shape index (κ1) is 41.5. The van der Waals surface area contributed by atoms with Crippen LogP contribution in [0, 0.1) is 0 Å². The maximum Gasteiger partial charge on any atom is 2.00 e. The average Bonchev–Trinajstić information content (AvgIpc) is 3.32. The molecule has 0 saturated heterocycles. The van der Waals surface area contributed by atoms with E-state index in [0.29, 0.717) is 20.6 Å². The molecule has 0 aliphatic heterocycles. The molecule has 0 spiro atoms.